The molecule has 0 fully saturated rings. The van der Waals surface area contributed by atoms with Crippen LogP contribution in [-0.2, 0) is 4.52 Å². The SMILES string of the molecule is FC(CC(F)(F)F)OP(F)F. The Morgan fingerprint density at radius 3 is 2.00 bits per heavy atom. The van der Waals surface area contributed by atoms with E-state index in [4.69, 9.17) is 0 Å². The normalized spacial score (nSPS) is 15.5. The van der Waals surface area contributed by atoms with Crippen LogP contribution >= 0.6 is 8.77 Å². The molecule has 0 aromatic carbocycles. The standard InChI is InChI=1S/C3H3F6OP/c4-2(10-11(8)9)1-3(5,6)7/h2H,1H2. The predicted octanol–water partition coefficient (Wildman–Crippen LogP) is 3.42. The molecule has 0 aromatic rings. The Labute approximate surface area is 59.4 Å². The summed E-state index contributed by atoms with van der Waals surface area (Å²) in [6.45, 7) is 0. The molecule has 1 atom stereocenters. The fourth-order valence-electron chi connectivity index (χ4n) is 0.306. The highest BCUT2D eigenvalue weighted by molar-refractivity contribution is 7.40. The molecule has 1 unspecified atom stereocenters. The molecular formula is C3H3F6OP. The van der Waals surface area contributed by atoms with Gasteiger partial charge in [-0.2, -0.15) is 21.6 Å². The van der Waals surface area contributed by atoms with Crippen molar-refractivity contribution in [1.82, 2.24) is 0 Å². The maximum Gasteiger partial charge on any atom is 0.417 e. The first-order valence-electron chi connectivity index (χ1n) is 2.30. The van der Waals surface area contributed by atoms with Gasteiger partial charge in [0.25, 0.3) is 0 Å². The molecule has 68 valence electrons. The summed E-state index contributed by atoms with van der Waals surface area (Å²) in [7, 11) is -4.07. The van der Waals surface area contributed by atoms with Crippen LogP contribution in [0, 0.1) is 0 Å². The summed E-state index contributed by atoms with van der Waals surface area (Å²) >= 11 is 0. The number of hydrogen-bond donors (Lipinski definition) is 0. The summed E-state index contributed by atoms with van der Waals surface area (Å²) in [5.74, 6) is 0. The Balaban J connectivity index is 3.61. The van der Waals surface area contributed by atoms with Gasteiger partial charge < -0.3 is 0 Å². The van der Waals surface area contributed by atoms with Crippen molar-refractivity contribution in [3.8, 4) is 0 Å². The summed E-state index contributed by atoms with van der Waals surface area (Å²) in [5.41, 5.74) is 0. The van der Waals surface area contributed by atoms with Crippen molar-refractivity contribution >= 4 is 8.77 Å². The molecule has 0 aliphatic heterocycles. The molecule has 0 rings (SSSR count). The third-order valence-corrected chi connectivity index (χ3v) is 0.974. The van der Waals surface area contributed by atoms with Crippen LogP contribution in [0.15, 0.2) is 0 Å². The van der Waals surface area contributed by atoms with E-state index in [9.17, 15) is 26.0 Å². The Bertz CT molecular complexity index is 113. The van der Waals surface area contributed by atoms with Crippen molar-refractivity contribution in [2.75, 3.05) is 0 Å². The van der Waals surface area contributed by atoms with Crippen molar-refractivity contribution in [2.24, 2.45) is 0 Å². The highest BCUT2D eigenvalue weighted by Gasteiger charge is 2.34. The highest BCUT2D eigenvalue weighted by Crippen LogP contribution is 2.43. The zero-order valence-corrected chi connectivity index (χ0v) is 5.80. The third kappa shape index (κ3) is 7.87. The van der Waals surface area contributed by atoms with Crippen LogP contribution in [0.25, 0.3) is 0 Å². The molecule has 8 heteroatoms. The van der Waals surface area contributed by atoms with Crippen LogP contribution in [0.4, 0.5) is 26.0 Å². The van der Waals surface area contributed by atoms with Gasteiger partial charge in [0.1, 0.15) is 0 Å². The topological polar surface area (TPSA) is 9.23 Å². The predicted molar refractivity (Wildman–Crippen MR) is 25.8 cm³/mol. The fourth-order valence-corrected chi connectivity index (χ4v) is 0.553. The van der Waals surface area contributed by atoms with Crippen molar-refractivity contribution in [2.45, 2.75) is 19.0 Å². The second-order valence-corrected chi connectivity index (χ2v) is 2.15. The van der Waals surface area contributed by atoms with Gasteiger partial charge in [0, 0.05) is 0 Å². The minimum atomic E-state index is -4.81. The smallest absolute Gasteiger partial charge is 0.270 e. The van der Waals surface area contributed by atoms with E-state index in [2.05, 4.69) is 4.52 Å². The number of hydrogen-bond acceptors (Lipinski definition) is 1. The van der Waals surface area contributed by atoms with Gasteiger partial charge in [0.05, 0.1) is 6.42 Å². The first-order chi connectivity index (χ1) is 4.81. The average molecular weight is 200 g/mol. The van der Waals surface area contributed by atoms with Crippen LogP contribution in [0.2, 0.25) is 0 Å². The lowest BCUT2D eigenvalue weighted by Crippen LogP contribution is -2.16. The van der Waals surface area contributed by atoms with Crippen molar-refractivity contribution < 1.29 is 30.5 Å². The molecule has 0 bridgehead atoms. The maximum absolute atomic E-state index is 11.7. The van der Waals surface area contributed by atoms with Gasteiger partial charge in [-0.3, -0.25) is 4.52 Å². The lowest BCUT2D eigenvalue weighted by atomic mass is 10.4. The van der Waals surface area contributed by atoms with Crippen molar-refractivity contribution in [1.29, 1.82) is 0 Å². The van der Waals surface area contributed by atoms with Crippen LogP contribution < -0.4 is 0 Å². The molecule has 0 spiro atoms. The van der Waals surface area contributed by atoms with Gasteiger partial charge >= 0.3 is 14.9 Å². The Kier molecular flexibility index (Phi) is 4.10. The minimum Gasteiger partial charge on any atom is -0.270 e. The molecule has 0 aliphatic rings. The number of alkyl halides is 4. The summed E-state index contributed by atoms with van der Waals surface area (Å²) in [4.78, 5) is 0. The Morgan fingerprint density at radius 1 is 1.27 bits per heavy atom. The first-order valence-corrected chi connectivity index (χ1v) is 3.34. The monoisotopic (exact) mass is 200 g/mol. The molecule has 0 aliphatic carbocycles. The summed E-state index contributed by atoms with van der Waals surface area (Å²) in [5, 5.41) is 0. The zero-order chi connectivity index (χ0) is 9.07. The molecule has 0 heterocycles. The number of halogens is 6. The van der Waals surface area contributed by atoms with Gasteiger partial charge in [-0.25, -0.2) is 4.39 Å². The molecular weight excluding hydrogens is 197 g/mol. The lowest BCUT2D eigenvalue weighted by Gasteiger charge is -2.09. The summed E-state index contributed by atoms with van der Waals surface area (Å²) in [6.07, 6.45) is -9.78. The van der Waals surface area contributed by atoms with E-state index in [1.807, 2.05) is 0 Å². The minimum absolute atomic E-state index is 2.00. The first kappa shape index (κ1) is 11.0. The van der Waals surface area contributed by atoms with E-state index in [1.165, 1.54) is 0 Å². The van der Waals surface area contributed by atoms with E-state index in [0.29, 0.717) is 0 Å². The van der Waals surface area contributed by atoms with Gasteiger partial charge in [0.2, 0.25) is 6.36 Å². The van der Waals surface area contributed by atoms with E-state index >= 15 is 0 Å². The highest BCUT2D eigenvalue weighted by atomic mass is 31.2. The van der Waals surface area contributed by atoms with Crippen LogP contribution in [0.3, 0.4) is 0 Å². The zero-order valence-electron chi connectivity index (χ0n) is 4.91. The van der Waals surface area contributed by atoms with Crippen LogP contribution in [0.5, 0.6) is 0 Å². The van der Waals surface area contributed by atoms with Crippen LogP contribution in [0.1, 0.15) is 6.42 Å². The van der Waals surface area contributed by atoms with E-state index in [0.717, 1.165) is 0 Å². The fraction of sp³-hybridized carbons (Fsp3) is 1.00. The lowest BCUT2D eigenvalue weighted by molar-refractivity contribution is -0.166. The molecule has 0 aromatic heterocycles. The molecule has 0 radical (unpaired) electrons. The van der Waals surface area contributed by atoms with E-state index in [1.54, 1.807) is 0 Å². The van der Waals surface area contributed by atoms with Crippen molar-refractivity contribution in [3.63, 3.8) is 0 Å². The second kappa shape index (κ2) is 4.11. The molecule has 0 saturated heterocycles. The maximum atomic E-state index is 11.7. The molecule has 0 amide bonds. The number of rotatable bonds is 3. The van der Waals surface area contributed by atoms with E-state index in [-0.39, 0.29) is 0 Å². The molecule has 0 N–H and O–H groups in total. The van der Waals surface area contributed by atoms with Crippen LogP contribution in [-0.4, -0.2) is 12.5 Å². The molecule has 0 saturated carbocycles. The molecule has 1 nitrogen and oxygen atoms in total. The quantitative estimate of drug-likeness (QED) is 0.500. The summed E-state index contributed by atoms with van der Waals surface area (Å²) in [6, 6.07) is 0. The second-order valence-electron chi connectivity index (χ2n) is 1.54. The van der Waals surface area contributed by atoms with Gasteiger partial charge in [0.15, 0.2) is 0 Å². The van der Waals surface area contributed by atoms with Gasteiger partial charge in [-0.05, 0) is 0 Å². The average Bonchev–Trinajstić information content (AvgIpc) is 1.53. The summed E-state index contributed by atoms with van der Waals surface area (Å²) < 4.78 is 70.5. The Hall–Kier alpha value is -0.0300. The van der Waals surface area contributed by atoms with E-state index < -0.39 is 27.7 Å². The Morgan fingerprint density at radius 2 is 1.73 bits per heavy atom. The van der Waals surface area contributed by atoms with Gasteiger partial charge in [-0.15, -0.1) is 0 Å². The molecule has 11 heavy (non-hydrogen) atoms. The van der Waals surface area contributed by atoms with Crippen molar-refractivity contribution in [3.05, 3.63) is 0 Å². The van der Waals surface area contributed by atoms with Gasteiger partial charge in [-0.1, -0.05) is 0 Å². The largest absolute Gasteiger partial charge is 0.417 e. The third-order valence-electron chi connectivity index (χ3n) is 0.586.